The first-order valence-electron chi connectivity index (χ1n) is 11.5. The van der Waals surface area contributed by atoms with Crippen molar-refractivity contribution in [2.24, 2.45) is 0 Å². The van der Waals surface area contributed by atoms with Crippen molar-refractivity contribution in [1.29, 1.82) is 0 Å². The summed E-state index contributed by atoms with van der Waals surface area (Å²) in [5.41, 5.74) is 0.732. The fourth-order valence-corrected chi connectivity index (χ4v) is 4.43. The number of hydrogen-bond acceptors (Lipinski definition) is 8. The summed E-state index contributed by atoms with van der Waals surface area (Å²) in [4.78, 5) is 22.1. The van der Waals surface area contributed by atoms with Gasteiger partial charge >= 0.3 is 0 Å². The van der Waals surface area contributed by atoms with Gasteiger partial charge in [-0.25, -0.2) is 9.37 Å². The minimum Gasteiger partial charge on any atom is -0.474 e. The van der Waals surface area contributed by atoms with Crippen LogP contribution in [0.3, 0.4) is 0 Å². The van der Waals surface area contributed by atoms with E-state index in [2.05, 4.69) is 31.2 Å². The van der Waals surface area contributed by atoms with Crippen LogP contribution in [0.25, 0.3) is 0 Å². The Morgan fingerprint density at radius 1 is 1.18 bits per heavy atom. The van der Waals surface area contributed by atoms with Crippen molar-refractivity contribution in [3.8, 4) is 5.88 Å². The summed E-state index contributed by atoms with van der Waals surface area (Å²) in [7, 11) is 0. The fourth-order valence-electron chi connectivity index (χ4n) is 3.67. The van der Waals surface area contributed by atoms with E-state index < -0.39 is 5.82 Å². The van der Waals surface area contributed by atoms with E-state index in [-0.39, 0.29) is 23.7 Å². The van der Waals surface area contributed by atoms with E-state index >= 15 is 0 Å². The molecule has 4 N–H and O–H groups in total. The Morgan fingerprint density at radius 2 is 2.03 bits per heavy atom. The molecule has 0 unspecified atom stereocenters. The molecule has 1 saturated heterocycles. The van der Waals surface area contributed by atoms with E-state index in [1.165, 1.54) is 23.5 Å². The van der Waals surface area contributed by atoms with E-state index in [0.717, 1.165) is 43.6 Å². The van der Waals surface area contributed by atoms with Crippen LogP contribution in [0.4, 0.5) is 21.0 Å². The summed E-state index contributed by atoms with van der Waals surface area (Å²) >= 11 is 1.45. The van der Waals surface area contributed by atoms with Gasteiger partial charge in [0.05, 0.1) is 12.2 Å². The number of nitrogens with zero attached hydrogens (tertiary/aromatic N) is 2. The molecule has 178 valence electrons. The maximum Gasteiger partial charge on any atom is 0.251 e. The summed E-state index contributed by atoms with van der Waals surface area (Å²) < 4.78 is 20.3. The van der Waals surface area contributed by atoms with Crippen LogP contribution >= 0.6 is 11.3 Å². The Kier molecular flexibility index (Phi) is 6.87. The molecule has 0 spiro atoms. The van der Waals surface area contributed by atoms with Gasteiger partial charge in [0.15, 0.2) is 5.13 Å². The van der Waals surface area contributed by atoms with Crippen LogP contribution < -0.4 is 26.0 Å². The van der Waals surface area contributed by atoms with Gasteiger partial charge in [-0.3, -0.25) is 4.79 Å². The molecule has 0 radical (unpaired) electrons. The smallest absolute Gasteiger partial charge is 0.251 e. The summed E-state index contributed by atoms with van der Waals surface area (Å²) in [6.07, 6.45) is 5.86. The Morgan fingerprint density at radius 3 is 2.85 bits per heavy atom. The molecule has 0 bridgehead atoms. The Hall–Kier alpha value is -3.24. The van der Waals surface area contributed by atoms with Crippen molar-refractivity contribution in [3.63, 3.8) is 0 Å². The molecule has 5 rings (SSSR count). The first kappa shape index (κ1) is 22.5. The molecule has 1 aromatic carbocycles. The molecule has 2 aromatic heterocycles. The average molecular weight is 483 g/mol. The number of piperidine rings is 1. The third-order valence-corrected chi connectivity index (χ3v) is 6.59. The van der Waals surface area contributed by atoms with Crippen LogP contribution in [-0.4, -0.2) is 41.1 Å². The number of halogens is 1. The Bertz CT molecular complexity index is 1150. The molecule has 3 aromatic rings. The number of hydrogen-bond donors (Lipinski definition) is 4. The summed E-state index contributed by atoms with van der Waals surface area (Å²) in [5.74, 6) is 0.673. The molecule has 1 aliphatic carbocycles. The van der Waals surface area contributed by atoms with Crippen LogP contribution in [0.15, 0.2) is 42.6 Å². The van der Waals surface area contributed by atoms with Gasteiger partial charge in [-0.05, 0) is 63.0 Å². The van der Waals surface area contributed by atoms with Crippen LogP contribution in [0.2, 0.25) is 0 Å². The predicted molar refractivity (Wildman–Crippen MR) is 130 cm³/mol. The molecule has 8 nitrogen and oxygen atoms in total. The third kappa shape index (κ3) is 6.00. The molecule has 2 fully saturated rings. The van der Waals surface area contributed by atoms with Crippen LogP contribution in [0.5, 0.6) is 5.88 Å². The van der Waals surface area contributed by atoms with Gasteiger partial charge in [0, 0.05) is 28.7 Å². The zero-order valence-corrected chi connectivity index (χ0v) is 19.5. The number of carbonyl (C=O) groups is 1. The van der Waals surface area contributed by atoms with Gasteiger partial charge in [-0.2, -0.15) is 4.98 Å². The third-order valence-electron chi connectivity index (χ3n) is 5.68. The van der Waals surface area contributed by atoms with Gasteiger partial charge in [-0.15, -0.1) is 0 Å². The number of ether oxygens (including phenoxy) is 1. The number of anilines is 3. The standard InChI is InChI=1S/C24H27FN6O2S/c25-19-7-4-15(23(32)29-16-5-6-16)12-20(19)27-13-18-14-28-24(34-18)31-21-2-1-3-22(30-21)33-17-8-10-26-11-9-17/h1-4,7,12,14,16-17,26-27H,5-6,8-11,13H2,(H,29,32)(H,28,30,31). The Labute approximate surface area is 201 Å². The summed E-state index contributed by atoms with van der Waals surface area (Å²) in [6.45, 7) is 2.30. The van der Waals surface area contributed by atoms with Gasteiger partial charge < -0.3 is 26.0 Å². The fraction of sp³-hybridized carbons (Fsp3) is 0.375. The highest BCUT2D eigenvalue weighted by molar-refractivity contribution is 7.15. The topological polar surface area (TPSA) is 100 Å². The number of amides is 1. The maximum absolute atomic E-state index is 14.3. The van der Waals surface area contributed by atoms with Crippen molar-refractivity contribution in [2.45, 2.75) is 44.4 Å². The lowest BCUT2D eigenvalue weighted by atomic mass is 10.1. The van der Waals surface area contributed by atoms with E-state index in [0.29, 0.717) is 28.9 Å². The summed E-state index contributed by atoms with van der Waals surface area (Å²) in [5, 5.41) is 13.2. The second-order valence-corrected chi connectivity index (χ2v) is 9.60. The Balaban J connectivity index is 1.17. The zero-order valence-electron chi connectivity index (χ0n) is 18.6. The first-order valence-corrected chi connectivity index (χ1v) is 12.3. The van der Waals surface area contributed by atoms with Crippen molar-refractivity contribution in [2.75, 3.05) is 23.7 Å². The van der Waals surface area contributed by atoms with E-state index in [9.17, 15) is 9.18 Å². The van der Waals surface area contributed by atoms with Crippen molar-refractivity contribution < 1.29 is 13.9 Å². The molecule has 3 heterocycles. The zero-order chi connectivity index (χ0) is 23.3. The number of benzene rings is 1. The highest BCUT2D eigenvalue weighted by Gasteiger charge is 2.24. The molecule has 0 atom stereocenters. The lowest BCUT2D eigenvalue weighted by Gasteiger charge is -2.23. The number of aromatic nitrogens is 2. The molecule has 1 amide bonds. The largest absolute Gasteiger partial charge is 0.474 e. The number of thiazole rings is 1. The van der Waals surface area contributed by atoms with Gasteiger partial charge in [0.2, 0.25) is 5.88 Å². The van der Waals surface area contributed by atoms with Crippen LogP contribution in [0.1, 0.15) is 40.9 Å². The number of nitrogens with one attached hydrogen (secondary N) is 4. The SMILES string of the molecule is O=C(NC1CC1)c1ccc(F)c(NCc2cnc(Nc3cccc(OC4CCNCC4)n3)s2)c1. The molecule has 1 saturated carbocycles. The number of pyridine rings is 1. The van der Waals surface area contributed by atoms with Crippen molar-refractivity contribution in [3.05, 3.63) is 58.9 Å². The number of carbonyl (C=O) groups excluding carboxylic acids is 1. The highest BCUT2D eigenvalue weighted by Crippen LogP contribution is 2.25. The minimum atomic E-state index is -0.402. The normalized spacial score (nSPS) is 16.1. The first-order chi connectivity index (χ1) is 16.6. The van der Waals surface area contributed by atoms with E-state index in [1.807, 2.05) is 18.2 Å². The van der Waals surface area contributed by atoms with Crippen molar-refractivity contribution >= 4 is 33.9 Å². The highest BCUT2D eigenvalue weighted by atomic mass is 32.1. The minimum absolute atomic E-state index is 0.173. The van der Waals surface area contributed by atoms with Crippen LogP contribution in [0, 0.1) is 5.82 Å². The second kappa shape index (κ2) is 10.4. The average Bonchev–Trinajstić information content (AvgIpc) is 3.55. The quantitative estimate of drug-likeness (QED) is 0.365. The molecular weight excluding hydrogens is 455 g/mol. The molecule has 34 heavy (non-hydrogen) atoms. The second-order valence-electron chi connectivity index (χ2n) is 8.48. The maximum atomic E-state index is 14.3. The lowest BCUT2D eigenvalue weighted by molar-refractivity contribution is 0.0951. The number of rotatable bonds is 9. The summed E-state index contributed by atoms with van der Waals surface area (Å²) in [6, 6.07) is 10.2. The van der Waals surface area contributed by atoms with E-state index in [1.54, 1.807) is 12.3 Å². The monoisotopic (exact) mass is 482 g/mol. The molecule has 10 heteroatoms. The molecule has 2 aliphatic rings. The van der Waals surface area contributed by atoms with Crippen molar-refractivity contribution in [1.82, 2.24) is 20.6 Å². The predicted octanol–water partition coefficient (Wildman–Crippen LogP) is 4.06. The van der Waals surface area contributed by atoms with Gasteiger partial charge in [0.25, 0.3) is 5.91 Å². The molecule has 1 aliphatic heterocycles. The van der Waals surface area contributed by atoms with Gasteiger partial charge in [-0.1, -0.05) is 17.4 Å². The molecular formula is C24H27FN6O2S. The van der Waals surface area contributed by atoms with E-state index in [4.69, 9.17) is 4.74 Å². The van der Waals surface area contributed by atoms with Gasteiger partial charge in [0.1, 0.15) is 17.7 Å². The van der Waals surface area contributed by atoms with Crippen LogP contribution in [-0.2, 0) is 6.54 Å². The lowest BCUT2D eigenvalue weighted by Crippen LogP contribution is -2.34.